The van der Waals surface area contributed by atoms with Crippen LogP contribution in [0.5, 0.6) is 5.75 Å². The van der Waals surface area contributed by atoms with Crippen molar-refractivity contribution in [1.29, 1.82) is 0 Å². The minimum absolute atomic E-state index is 0.0276. The number of hydrogen-bond acceptors (Lipinski definition) is 4. The Hall–Kier alpha value is -1.75. The second-order valence-corrected chi connectivity index (χ2v) is 4.12. The number of ether oxygens (including phenoxy) is 1. The number of nitroso groups, excluding NO2 is 1. The van der Waals surface area contributed by atoms with Gasteiger partial charge in [0.25, 0.3) is 5.91 Å². The smallest absolute Gasteiger partial charge is 0.286 e. The van der Waals surface area contributed by atoms with Gasteiger partial charge in [0.1, 0.15) is 12.4 Å². The van der Waals surface area contributed by atoms with Gasteiger partial charge in [0, 0.05) is 11.6 Å². The molecular formula is C13H17NO4. The van der Waals surface area contributed by atoms with Crippen molar-refractivity contribution in [3.8, 4) is 5.75 Å². The largest absolute Gasteiger partial charge is 0.491 e. The Morgan fingerprint density at radius 2 is 1.94 bits per heavy atom. The molecular weight excluding hydrogens is 234 g/mol. The molecule has 0 saturated heterocycles. The maximum atomic E-state index is 10.8. The Labute approximate surface area is 106 Å². The van der Waals surface area contributed by atoms with Crippen LogP contribution in [0.15, 0.2) is 17.3 Å². The molecule has 0 saturated carbocycles. The van der Waals surface area contributed by atoms with Gasteiger partial charge in [-0.2, -0.15) is 0 Å². The quantitative estimate of drug-likeness (QED) is 0.783. The van der Waals surface area contributed by atoms with Crippen molar-refractivity contribution in [1.82, 2.24) is 0 Å². The molecule has 1 aromatic carbocycles. The topological polar surface area (TPSA) is 76.0 Å². The minimum Gasteiger partial charge on any atom is -0.491 e. The highest BCUT2D eigenvalue weighted by atomic mass is 16.5. The number of hydrogen-bond donors (Lipinski definition) is 1. The summed E-state index contributed by atoms with van der Waals surface area (Å²) >= 11 is 0. The van der Waals surface area contributed by atoms with Gasteiger partial charge in [-0.05, 0) is 37.0 Å². The lowest BCUT2D eigenvalue weighted by Crippen LogP contribution is -2.05. The zero-order chi connectivity index (χ0) is 13.5. The Balaban J connectivity index is 2.78. The van der Waals surface area contributed by atoms with E-state index in [2.05, 4.69) is 5.18 Å². The zero-order valence-electron chi connectivity index (χ0n) is 10.6. The molecule has 18 heavy (non-hydrogen) atoms. The van der Waals surface area contributed by atoms with Gasteiger partial charge >= 0.3 is 0 Å². The first kappa shape index (κ1) is 14.3. The Kier molecular flexibility index (Phi) is 5.45. The van der Waals surface area contributed by atoms with Crippen molar-refractivity contribution < 1.29 is 14.6 Å². The van der Waals surface area contributed by atoms with Gasteiger partial charge in [-0.25, -0.2) is 0 Å². The SMILES string of the molecule is Cc1cc(CCC(=O)N=O)cc(C)c1OCCO. The lowest BCUT2D eigenvalue weighted by atomic mass is 10.0. The summed E-state index contributed by atoms with van der Waals surface area (Å²) in [5.41, 5.74) is 2.87. The van der Waals surface area contributed by atoms with E-state index in [4.69, 9.17) is 9.84 Å². The third kappa shape index (κ3) is 3.92. The number of amides is 1. The van der Waals surface area contributed by atoms with Crippen LogP contribution in [0.4, 0.5) is 0 Å². The lowest BCUT2D eigenvalue weighted by molar-refractivity contribution is -0.117. The summed E-state index contributed by atoms with van der Waals surface area (Å²) in [7, 11) is 0. The molecule has 0 atom stereocenters. The standard InChI is InChI=1S/C13H17NO4/c1-9-7-11(3-4-12(16)14-17)8-10(2)13(9)18-6-5-15/h7-8,15H,3-6H2,1-2H3. The van der Waals surface area contributed by atoms with Crippen LogP contribution in [0.3, 0.4) is 0 Å². The van der Waals surface area contributed by atoms with E-state index in [1.54, 1.807) is 0 Å². The molecule has 1 rings (SSSR count). The molecule has 0 aromatic heterocycles. The summed E-state index contributed by atoms with van der Waals surface area (Å²) < 4.78 is 5.43. The van der Waals surface area contributed by atoms with Gasteiger partial charge in [0.2, 0.25) is 0 Å². The van der Waals surface area contributed by atoms with Gasteiger partial charge in [-0.3, -0.25) is 4.79 Å². The highest BCUT2D eigenvalue weighted by Crippen LogP contribution is 2.25. The summed E-state index contributed by atoms with van der Waals surface area (Å²) in [4.78, 5) is 20.8. The Morgan fingerprint density at radius 1 is 1.33 bits per heavy atom. The number of nitrogens with zero attached hydrogens (tertiary/aromatic N) is 1. The molecule has 1 N–H and O–H groups in total. The number of aliphatic hydroxyl groups excluding tert-OH is 1. The fourth-order valence-electron chi connectivity index (χ4n) is 1.86. The highest BCUT2D eigenvalue weighted by molar-refractivity contribution is 5.76. The fraction of sp³-hybridized carbons (Fsp3) is 0.462. The Bertz CT molecular complexity index is 420. The van der Waals surface area contributed by atoms with Crippen LogP contribution in [0.25, 0.3) is 0 Å². The lowest BCUT2D eigenvalue weighted by Gasteiger charge is -2.13. The summed E-state index contributed by atoms with van der Waals surface area (Å²) in [5.74, 6) is 0.124. The summed E-state index contributed by atoms with van der Waals surface area (Å²) in [6.07, 6.45) is 0.617. The normalized spacial score (nSPS) is 10.2. The van der Waals surface area contributed by atoms with Crippen LogP contribution in [0.2, 0.25) is 0 Å². The van der Waals surface area contributed by atoms with Gasteiger partial charge in [0.15, 0.2) is 0 Å². The highest BCUT2D eigenvalue weighted by Gasteiger charge is 2.08. The molecule has 98 valence electrons. The van der Waals surface area contributed by atoms with E-state index in [0.29, 0.717) is 6.42 Å². The molecule has 0 spiro atoms. The monoisotopic (exact) mass is 251 g/mol. The summed E-state index contributed by atoms with van der Waals surface area (Å²) in [6.45, 7) is 4.04. The van der Waals surface area contributed by atoms with E-state index in [0.717, 1.165) is 22.4 Å². The van der Waals surface area contributed by atoms with Crippen LogP contribution in [-0.2, 0) is 11.2 Å². The van der Waals surface area contributed by atoms with Crippen LogP contribution in [0.1, 0.15) is 23.1 Å². The van der Waals surface area contributed by atoms with E-state index < -0.39 is 5.91 Å². The fourth-order valence-corrected chi connectivity index (χ4v) is 1.86. The van der Waals surface area contributed by atoms with E-state index in [1.807, 2.05) is 26.0 Å². The van der Waals surface area contributed by atoms with Crippen LogP contribution < -0.4 is 4.74 Å². The molecule has 0 aliphatic rings. The Morgan fingerprint density at radius 3 is 2.44 bits per heavy atom. The molecule has 5 nitrogen and oxygen atoms in total. The van der Waals surface area contributed by atoms with Crippen LogP contribution >= 0.6 is 0 Å². The van der Waals surface area contributed by atoms with E-state index >= 15 is 0 Å². The average molecular weight is 251 g/mol. The van der Waals surface area contributed by atoms with Crippen molar-refractivity contribution in [2.45, 2.75) is 26.7 Å². The average Bonchev–Trinajstić information content (AvgIpc) is 2.35. The van der Waals surface area contributed by atoms with Gasteiger partial charge in [-0.1, -0.05) is 12.1 Å². The number of carbonyl (C=O) groups excluding carboxylic acids is 1. The van der Waals surface area contributed by atoms with E-state index in [-0.39, 0.29) is 19.6 Å². The van der Waals surface area contributed by atoms with E-state index in [1.165, 1.54) is 0 Å². The van der Waals surface area contributed by atoms with Crippen molar-refractivity contribution in [2.75, 3.05) is 13.2 Å². The molecule has 0 unspecified atom stereocenters. The molecule has 0 radical (unpaired) electrons. The predicted molar refractivity (Wildman–Crippen MR) is 67.6 cm³/mol. The number of aryl methyl sites for hydroxylation is 3. The molecule has 1 amide bonds. The second kappa shape index (κ2) is 6.86. The first-order valence-corrected chi connectivity index (χ1v) is 5.78. The molecule has 5 heteroatoms. The number of carbonyl (C=O) groups is 1. The zero-order valence-corrected chi connectivity index (χ0v) is 10.6. The van der Waals surface area contributed by atoms with Crippen LogP contribution in [-0.4, -0.2) is 24.2 Å². The van der Waals surface area contributed by atoms with Crippen molar-refractivity contribution in [2.24, 2.45) is 5.18 Å². The van der Waals surface area contributed by atoms with Gasteiger partial charge < -0.3 is 9.84 Å². The minimum atomic E-state index is -0.633. The van der Waals surface area contributed by atoms with Gasteiger partial charge in [-0.15, -0.1) is 4.91 Å². The maximum absolute atomic E-state index is 10.8. The summed E-state index contributed by atoms with van der Waals surface area (Å²) in [5, 5.41) is 11.1. The van der Waals surface area contributed by atoms with Crippen molar-refractivity contribution in [3.63, 3.8) is 0 Å². The van der Waals surface area contributed by atoms with Gasteiger partial charge in [0.05, 0.1) is 6.61 Å². The third-order valence-electron chi connectivity index (χ3n) is 2.59. The molecule has 0 bridgehead atoms. The molecule has 0 aliphatic carbocycles. The number of rotatable bonds is 6. The molecule has 0 heterocycles. The van der Waals surface area contributed by atoms with Crippen molar-refractivity contribution in [3.05, 3.63) is 33.7 Å². The first-order valence-electron chi connectivity index (χ1n) is 5.78. The summed E-state index contributed by atoms with van der Waals surface area (Å²) in [6, 6.07) is 3.83. The second-order valence-electron chi connectivity index (χ2n) is 4.12. The molecule has 0 fully saturated rings. The van der Waals surface area contributed by atoms with Crippen molar-refractivity contribution >= 4 is 5.91 Å². The van der Waals surface area contributed by atoms with Crippen LogP contribution in [0, 0.1) is 18.8 Å². The number of aliphatic hydroxyl groups is 1. The first-order chi connectivity index (χ1) is 8.58. The molecule has 1 aromatic rings. The molecule has 0 aliphatic heterocycles. The third-order valence-corrected chi connectivity index (χ3v) is 2.59. The number of benzene rings is 1. The predicted octanol–water partition coefficient (Wildman–Crippen LogP) is 1.90. The maximum Gasteiger partial charge on any atom is 0.286 e. The van der Waals surface area contributed by atoms with E-state index in [9.17, 15) is 9.70 Å².